The molecule has 10 nitrogen and oxygen atoms in total. The van der Waals surface area contributed by atoms with Gasteiger partial charge in [0.15, 0.2) is 0 Å². The number of nitrogens with zero attached hydrogens (tertiary/aromatic N) is 3. The molecule has 0 aliphatic heterocycles. The second kappa shape index (κ2) is 10.9. The van der Waals surface area contributed by atoms with Crippen LogP contribution in [0.1, 0.15) is 22.8 Å². The second-order valence-corrected chi connectivity index (χ2v) is 5.58. The van der Waals surface area contributed by atoms with E-state index in [1.165, 1.54) is 37.4 Å². The number of rotatable bonds is 8. The molecule has 0 atom stereocenters. The quantitative estimate of drug-likeness (QED) is 0.152. The predicted molar refractivity (Wildman–Crippen MR) is 106 cm³/mol. The largest absolute Gasteiger partial charge is 0.500 e. The van der Waals surface area contributed by atoms with Gasteiger partial charge in [-0.1, -0.05) is 36.4 Å². The lowest BCUT2D eigenvalue weighted by atomic mass is 10.2. The number of carbonyl (C=O) groups is 3. The Kier molecular flexibility index (Phi) is 7.94. The van der Waals surface area contributed by atoms with Crippen LogP contribution in [0.25, 0.3) is 0 Å². The lowest BCUT2D eigenvalue weighted by molar-refractivity contribution is -0.142. The Labute approximate surface area is 171 Å². The Morgan fingerprint density at radius 1 is 1.07 bits per heavy atom. The normalized spacial score (nSPS) is 11.9. The summed E-state index contributed by atoms with van der Waals surface area (Å²) in [7, 11) is 0. The molecule has 0 radical (unpaired) electrons. The lowest BCUT2D eigenvalue weighted by Crippen LogP contribution is -2.22. The van der Waals surface area contributed by atoms with Gasteiger partial charge >= 0.3 is 11.9 Å². The van der Waals surface area contributed by atoms with Crippen LogP contribution in [0.3, 0.4) is 0 Å². The van der Waals surface area contributed by atoms with Crippen molar-refractivity contribution in [1.82, 2.24) is 5.43 Å². The number of aromatic carboxylic acids is 1. The van der Waals surface area contributed by atoms with E-state index in [9.17, 15) is 19.5 Å². The van der Waals surface area contributed by atoms with Gasteiger partial charge in [0.1, 0.15) is 0 Å². The number of azo groups is 1. The molecule has 2 rings (SSSR count). The summed E-state index contributed by atoms with van der Waals surface area (Å²) in [5.41, 5.74) is 2.12. The van der Waals surface area contributed by atoms with Gasteiger partial charge in [-0.05, 0) is 30.7 Å². The Hall–Kier alpha value is -4.34. The maximum absolute atomic E-state index is 12.4. The van der Waals surface area contributed by atoms with Crippen molar-refractivity contribution in [1.29, 1.82) is 0 Å². The van der Waals surface area contributed by atoms with E-state index in [1.54, 1.807) is 24.3 Å². The molecule has 2 aromatic rings. The molecular formula is C20H18N4O6. The minimum absolute atomic E-state index is 0.0399. The topological polar surface area (TPSA) is 150 Å². The molecule has 0 aliphatic carbocycles. The summed E-state index contributed by atoms with van der Waals surface area (Å²) in [6, 6.07) is 14.3. The highest BCUT2D eigenvalue weighted by Crippen LogP contribution is 2.17. The molecule has 154 valence electrons. The number of carboxylic acid groups (broad SMARTS) is 1. The van der Waals surface area contributed by atoms with Crippen LogP contribution in [0.15, 0.2) is 81.4 Å². The number of carboxylic acids is 1. The van der Waals surface area contributed by atoms with Gasteiger partial charge in [-0.2, -0.15) is 10.2 Å². The van der Waals surface area contributed by atoms with Crippen molar-refractivity contribution in [3.63, 3.8) is 0 Å². The summed E-state index contributed by atoms with van der Waals surface area (Å²) in [6.07, 6.45) is 1.35. The fourth-order valence-corrected chi connectivity index (χ4v) is 2.06. The van der Waals surface area contributed by atoms with E-state index in [0.29, 0.717) is 5.56 Å². The van der Waals surface area contributed by atoms with Gasteiger partial charge in [-0.25, -0.2) is 15.0 Å². The number of aliphatic hydroxyl groups is 1. The van der Waals surface area contributed by atoms with Gasteiger partial charge in [0.2, 0.25) is 11.5 Å². The van der Waals surface area contributed by atoms with Gasteiger partial charge < -0.3 is 14.9 Å². The van der Waals surface area contributed by atoms with E-state index in [0.717, 1.165) is 0 Å². The average Bonchev–Trinajstić information content (AvgIpc) is 2.75. The minimum atomic E-state index is -1.18. The number of ether oxygens (including phenoxy) is 1. The minimum Gasteiger partial charge on any atom is -0.500 e. The van der Waals surface area contributed by atoms with Crippen LogP contribution in [0, 0.1) is 0 Å². The smallest absolute Gasteiger partial charge is 0.376 e. The Morgan fingerprint density at radius 3 is 2.47 bits per heavy atom. The summed E-state index contributed by atoms with van der Waals surface area (Å²) in [4.78, 5) is 35.2. The summed E-state index contributed by atoms with van der Waals surface area (Å²) < 4.78 is 4.67. The van der Waals surface area contributed by atoms with Crippen LogP contribution in [-0.4, -0.2) is 40.9 Å². The molecule has 0 saturated heterocycles. The van der Waals surface area contributed by atoms with Crippen molar-refractivity contribution in [2.45, 2.75) is 6.92 Å². The number of hydrazone groups is 1. The highest BCUT2D eigenvalue weighted by atomic mass is 16.5. The first-order valence-electron chi connectivity index (χ1n) is 8.66. The second-order valence-electron chi connectivity index (χ2n) is 5.58. The molecule has 2 aromatic carbocycles. The van der Waals surface area contributed by atoms with E-state index < -0.39 is 29.3 Å². The summed E-state index contributed by atoms with van der Waals surface area (Å²) >= 11 is 0. The summed E-state index contributed by atoms with van der Waals surface area (Å²) in [5, 5.41) is 30.1. The molecule has 30 heavy (non-hydrogen) atoms. The first-order valence-corrected chi connectivity index (χ1v) is 8.66. The molecule has 0 heterocycles. The van der Waals surface area contributed by atoms with Crippen molar-refractivity contribution < 1.29 is 29.3 Å². The Bertz CT molecular complexity index is 1010. The zero-order chi connectivity index (χ0) is 21.9. The molecule has 0 aromatic heterocycles. The highest BCUT2D eigenvalue weighted by Gasteiger charge is 2.22. The van der Waals surface area contributed by atoms with Crippen molar-refractivity contribution in [2.75, 3.05) is 6.61 Å². The lowest BCUT2D eigenvalue weighted by Gasteiger charge is -2.04. The maximum atomic E-state index is 12.4. The number of amides is 1. The molecular weight excluding hydrogens is 392 g/mol. The van der Waals surface area contributed by atoms with Crippen molar-refractivity contribution in [3.8, 4) is 0 Å². The Morgan fingerprint density at radius 2 is 1.80 bits per heavy atom. The third-order valence-electron chi connectivity index (χ3n) is 3.45. The number of hydrogen-bond donors (Lipinski definition) is 3. The fourth-order valence-electron chi connectivity index (χ4n) is 2.06. The van der Waals surface area contributed by atoms with Crippen molar-refractivity contribution in [2.24, 2.45) is 15.3 Å². The van der Waals surface area contributed by atoms with Crippen molar-refractivity contribution >= 4 is 29.7 Å². The standard InChI is InChI=1S/C20H18N4O6/c1-2-30-20(29)17(25)16(18(26)24-21-12-13-7-4-3-5-8-13)23-22-15-10-6-9-14(11-15)19(27)28/h3-12,25H,2H2,1H3,(H,24,26)(H,27,28). The van der Waals surface area contributed by atoms with Crippen LogP contribution in [0.5, 0.6) is 0 Å². The molecule has 0 saturated carbocycles. The molecule has 0 aliphatic rings. The predicted octanol–water partition coefficient (Wildman–Crippen LogP) is 2.95. The van der Waals surface area contributed by atoms with Gasteiger partial charge in [0, 0.05) is 0 Å². The van der Waals surface area contributed by atoms with Gasteiger partial charge in [0.05, 0.1) is 24.1 Å². The number of aliphatic hydroxyl groups excluding tert-OH is 1. The molecule has 3 N–H and O–H groups in total. The fraction of sp³-hybridized carbons (Fsp3) is 0.100. The van der Waals surface area contributed by atoms with Crippen LogP contribution in [-0.2, 0) is 14.3 Å². The number of esters is 1. The van der Waals surface area contributed by atoms with Gasteiger partial charge in [-0.3, -0.25) is 4.79 Å². The zero-order valence-electron chi connectivity index (χ0n) is 15.8. The number of carbonyl (C=O) groups excluding carboxylic acids is 2. The van der Waals surface area contributed by atoms with Crippen molar-refractivity contribution in [3.05, 3.63) is 77.2 Å². The van der Waals surface area contributed by atoms with Crippen LogP contribution in [0.2, 0.25) is 0 Å². The average molecular weight is 410 g/mol. The Balaban J connectivity index is 2.28. The molecule has 1 amide bonds. The molecule has 0 unspecified atom stereocenters. The zero-order valence-corrected chi connectivity index (χ0v) is 15.8. The van der Waals surface area contributed by atoms with E-state index in [2.05, 4.69) is 25.5 Å². The van der Waals surface area contributed by atoms with Crippen LogP contribution in [0.4, 0.5) is 5.69 Å². The van der Waals surface area contributed by atoms with E-state index >= 15 is 0 Å². The molecule has 0 spiro atoms. The first kappa shape index (κ1) is 22.0. The van der Waals surface area contributed by atoms with E-state index in [4.69, 9.17) is 5.11 Å². The third-order valence-corrected chi connectivity index (χ3v) is 3.45. The molecule has 0 fully saturated rings. The monoisotopic (exact) mass is 410 g/mol. The third kappa shape index (κ3) is 6.37. The van der Waals surface area contributed by atoms with Gasteiger partial charge in [-0.15, -0.1) is 5.11 Å². The molecule has 0 bridgehead atoms. The van der Waals surface area contributed by atoms with E-state index in [1.807, 2.05) is 6.07 Å². The molecule has 10 heteroatoms. The highest BCUT2D eigenvalue weighted by molar-refractivity contribution is 6.01. The first-order chi connectivity index (χ1) is 14.4. The summed E-state index contributed by atoms with van der Waals surface area (Å²) in [5.74, 6) is -4.44. The SMILES string of the molecule is CCOC(=O)C(O)=C(N=Nc1cccc(C(=O)O)c1)C(=O)NN=Cc1ccccc1. The number of nitrogens with one attached hydrogen (secondary N) is 1. The van der Waals surface area contributed by atoms with E-state index in [-0.39, 0.29) is 17.9 Å². The van der Waals surface area contributed by atoms with Crippen LogP contribution >= 0.6 is 0 Å². The maximum Gasteiger partial charge on any atom is 0.376 e. The summed E-state index contributed by atoms with van der Waals surface area (Å²) in [6.45, 7) is 1.48. The van der Waals surface area contributed by atoms with Crippen LogP contribution < -0.4 is 5.43 Å². The van der Waals surface area contributed by atoms with Gasteiger partial charge in [0.25, 0.3) is 5.91 Å². The number of benzene rings is 2. The number of hydrogen-bond acceptors (Lipinski definition) is 8.